The molecule has 3 N–H and O–H groups in total. The number of amides is 4. The van der Waals surface area contributed by atoms with Gasteiger partial charge in [0.15, 0.2) is 5.69 Å². The molecule has 2 atom stereocenters. The maximum absolute atomic E-state index is 13.3. The van der Waals surface area contributed by atoms with Crippen LogP contribution in [0.4, 0.5) is 18.0 Å². The van der Waals surface area contributed by atoms with Crippen LogP contribution in [0.1, 0.15) is 69.1 Å². The summed E-state index contributed by atoms with van der Waals surface area (Å²) in [6.45, 7) is 5.21. The summed E-state index contributed by atoms with van der Waals surface area (Å²) in [6.07, 6.45) is -2.38. The molecule has 1 saturated heterocycles. The molecule has 4 fully saturated rings. The minimum Gasteiger partial charge on any atom is -0.442 e. The summed E-state index contributed by atoms with van der Waals surface area (Å²) in [7, 11) is 0. The molecule has 5 rings (SSSR count). The number of aromatic nitrogens is 1. The van der Waals surface area contributed by atoms with Crippen molar-refractivity contribution in [2.24, 2.45) is 17.3 Å². The Kier molecular flexibility index (Phi) is 6.88. The van der Waals surface area contributed by atoms with Gasteiger partial charge in [-0.15, -0.1) is 0 Å². The molecule has 1 aromatic rings. The maximum Gasteiger partial charge on any atom is 0.452 e. The zero-order valence-electron chi connectivity index (χ0n) is 20.7. The molecule has 14 heteroatoms. The number of carbonyl (C=O) groups excluding carboxylic acids is 4. The van der Waals surface area contributed by atoms with E-state index < -0.39 is 53.1 Å². The lowest BCUT2D eigenvalue weighted by Gasteiger charge is -2.63. The third-order valence-corrected chi connectivity index (χ3v) is 6.87. The number of hydrogen-bond acceptors (Lipinski definition) is 7. The second-order valence-electron chi connectivity index (χ2n) is 11.1. The van der Waals surface area contributed by atoms with Gasteiger partial charge in [-0.2, -0.15) is 13.2 Å². The van der Waals surface area contributed by atoms with Gasteiger partial charge in [-0.05, 0) is 64.2 Å². The molecule has 2 bridgehead atoms. The monoisotopic (exact) mass is 529 g/mol. The van der Waals surface area contributed by atoms with Crippen molar-refractivity contribution in [1.82, 2.24) is 26.2 Å². The summed E-state index contributed by atoms with van der Waals surface area (Å²) in [5.41, 5.74) is 0.794. The Hall–Kier alpha value is -3.32. The van der Waals surface area contributed by atoms with Crippen LogP contribution < -0.4 is 16.1 Å². The number of halogens is 3. The molecule has 1 aliphatic heterocycles. The Labute approximate surface area is 210 Å². The Morgan fingerprint density at radius 3 is 2.43 bits per heavy atom. The molecule has 3 saturated carbocycles. The van der Waals surface area contributed by atoms with Crippen molar-refractivity contribution in [3.63, 3.8) is 0 Å². The first kappa shape index (κ1) is 26.7. The number of nitrogens with one attached hydrogen (secondary N) is 3. The normalized spacial score (nSPS) is 25.3. The van der Waals surface area contributed by atoms with Gasteiger partial charge in [0.2, 0.25) is 11.7 Å². The first-order valence-electron chi connectivity index (χ1n) is 12.1. The van der Waals surface area contributed by atoms with Crippen molar-refractivity contribution < 1.29 is 41.6 Å². The van der Waals surface area contributed by atoms with Crippen LogP contribution in [0.15, 0.2) is 10.6 Å². The third-order valence-electron chi connectivity index (χ3n) is 6.87. The summed E-state index contributed by atoms with van der Waals surface area (Å²) in [6, 6.07) is -0.723. The lowest BCUT2D eigenvalue weighted by Crippen LogP contribution is -2.60. The minimum atomic E-state index is -4.82. The summed E-state index contributed by atoms with van der Waals surface area (Å²) in [5, 5.41) is 9.19. The van der Waals surface area contributed by atoms with Gasteiger partial charge in [0, 0.05) is 12.6 Å². The van der Waals surface area contributed by atoms with E-state index in [-0.39, 0.29) is 24.3 Å². The fourth-order valence-electron chi connectivity index (χ4n) is 5.03. The van der Waals surface area contributed by atoms with Gasteiger partial charge < -0.3 is 19.9 Å². The van der Waals surface area contributed by atoms with Crippen LogP contribution in [0.2, 0.25) is 0 Å². The van der Waals surface area contributed by atoms with E-state index in [9.17, 15) is 32.3 Å². The van der Waals surface area contributed by atoms with Crippen molar-refractivity contribution in [3.05, 3.63) is 17.5 Å². The topological polar surface area (TPSA) is 143 Å². The van der Waals surface area contributed by atoms with Crippen molar-refractivity contribution in [2.45, 2.75) is 70.7 Å². The Balaban J connectivity index is 1.50. The highest BCUT2D eigenvalue weighted by Crippen LogP contribution is 2.66. The number of carbonyl (C=O) groups is 4. The van der Waals surface area contributed by atoms with Gasteiger partial charge in [-0.3, -0.25) is 19.8 Å². The molecule has 0 spiro atoms. The fraction of sp³-hybridized carbons (Fsp3) is 0.696. The summed E-state index contributed by atoms with van der Waals surface area (Å²) in [4.78, 5) is 51.0. The van der Waals surface area contributed by atoms with E-state index in [0.29, 0.717) is 24.9 Å². The number of nitrogens with zero attached hydrogens (tertiary/aromatic N) is 2. The average Bonchev–Trinajstić information content (AvgIpc) is 3.36. The molecule has 1 unspecified atom stereocenters. The molecular formula is C23H30F3N5O6. The van der Waals surface area contributed by atoms with Crippen molar-refractivity contribution >= 4 is 23.8 Å². The number of ether oxygens (including phenoxy) is 1. The predicted octanol–water partition coefficient (Wildman–Crippen LogP) is 2.39. The quantitative estimate of drug-likeness (QED) is 0.460. The zero-order chi connectivity index (χ0) is 27.2. The second-order valence-corrected chi connectivity index (χ2v) is 11.1. The zero-order valence-corrected chi connectivity index (χ0v) is 20.7. The van der Waals surface area contributed by atoms with Crippen LogP contribution in [-0.2, 0) is 20.5 Å². The first-order valence-corrected chi connectivity index (χ1v) is 12.1. The molecule has 0 aromatic carbocycles. The van der Waals surface area contributed by atoms with Crippen LogP contribution in [0.5, 0.6) is 0 Å². The van der Waals surface area contributed by atoms with Crippen molar-refractivity contribution in [1.29, 1.82) is 0 Å². The van der Waals surface area contributed by atoms with Gasteiger partial charge in [0.1, 0.15) is 11.6 Å². The Bertz CT molecular complexity index is 1060. The van der Waals surface area contributed by atoms with Gasteiger partial charge in [-0.1, -0.05) is 5.16 Å². The standard InChI is InChI=1S/C23H30F3N5O6/c1-21(2,3)36-20(35)31(11-13-4-5-27-17(13)32)29-19(34)15(10-22-7-12(8-22)9-22)28-18(33)14-6-16(37-30-14)23(24,25)26/h6,12-13,15H,4-5,7-11H2,1-3H3,(H,27,32)(H,28,33)(H,29,34)/t12?,13-,15?,22?/m0/s1. The third kappa shape index (κ3) is 6.16. The van der Waals surface area contributed by atoms with E-state index >= 15 is 0 Å². The number of hydrogen-bond donors (Lipinski definition) is 3. The maximum atomic E-state index is 13.3. The minimum absolute atomic E-state index is 0.150. The SMILES string of the molecule is CC(C)(C)OC(=O)N(C[C@@H]1CCNC1=O)NC(=O)C(CC12CC(C1)C2)NC(=O)c1cc(C(F)(F)F)on1. The lowest BCUT2D eigenvalue weighted by molar-refractivity contribution is -0.155. The molecule has 1 aromatic heterocycles. The molecule has 0 radical (unpaired) electrons. The van der Waals surface area contributed by atoms with E-state index in [2.05, 4.69) is 25.7 Å². The highest BCUT2D eigenvalue weighted by molar-refractivity contribution is 5.96. The smallest absolute Gasteiger partial charge is 0.442 e. The lowest BCUT2D eigenvalue weighted by atomic mass is 9.43. The van der Waals surface area contributed by atoms with Crippen LogP contribution in [0.3, 0.4) is 0 Å². The molecule has 11 nitrogen and oxygen atoms in total. The van der Waals surface area contributed by atoms with Crippen LogP contribution in [-0.4, -0.2) is 58.7 Å². The van der Waals surface area contributed by atoms with Gasteiger partial charge in [0.25, 0.3) is 11.8 Å². The number of hydrazine groups is 1. The van der Waals surface area contributed by atoms with Crippen LogP contribution in [0.25, 0.3) is 0 Å². The van der Waals surface area contributed by atoms with Gasteiger partial charge in [-0.25, -0.2) is 9.80 Å². The summed E-state index contributed by atoms with van der Waals surface area (Å²) in [5.74, 6) is -3.50. The van der Waals surface area contributed by atoms with E-state index in [1.165, 1.54) is 0 Å². The summed E-state index contributed by atoms with van der Waals surface area (Å²) < 4.78 is 48.2. The second kappa shape index (κ2) is 9.53. The van der Waals surface area contributed by atoms with Gasteiger partial charge in [0.05, 0.1) is 12.5 Å². The molecule has 3 aliphatic carbocycles. The Morgan fingerprint density at radius 2 is 1.95 bits per heavy atom. The number of rotatable bonds is 7. The molecule has 2 heterocycles. The molecule has 4 aliphatic rings. The predicted molar refractivity (Wildman–Crippen MR) is 119 cm³/mol. The van der Waals surface area contributed by atoms with Crippen LogP contribution in [0, 0.1) is 17.3 Å². The largest absolute Gasteiger partial charge is 0.452 e. The highest BCUT2D eigenvalue weighted by atomic mass is 19.4. The van der Waals surface area contributed by atoms with E-state index in [1.54, 1.807) is 20.8 Å². The van der Waals surface area contributed by atoms with E-state index in [4.69, 9.17) is 4.74 Å². The average molecular weight is 530 g/mol. The van der Waals surface area contributed by atoms with E-state index in [0.717, 1.165) is 24.3 Å². The molecular weight excluding hydrogens is 499 g/mol. The summed E-state index contributed by atoms with van der Waals surface area (Å²) >= 11 is 0. The van der Waals surface area contributed by atoms with E-state index in [1.807, 2.05) is 0 Å². The first-order chi connectivity index (χ1) is 17.1. The molecule has 204 valence electrons. The van der Waals surface area contributed by atoms with Crippen LogP contribution >= 0.6 is 0 Å². The Morgan fingerprint density at radius 1 is 1.27 bits per heavy atom. The fourth-order valence-corrected chi connectivity index (χ4v) is 5.03. The van der Waals surface area contributed by atoms with Crippen molar-refractivity contribution in [2.75, 3.05) is 13.1 Å². The number of alkyl halides is 3. The van der Waals surface area contributed by atoms with Crippen molar-refractivity contribution in [3.8, 4) is 0 Å². The molecule has 37 heavy (non-hydrogen) atoms. The highest BCUT2D eigenvalue weighted by Gasteiger charge is 2.57. The van der Waals surface area contributed by atoms with Gasteiger partial charge >= 0.3 is 12.3 Å². The molecule has 4 amide bonds.